The standard InChI is InChI=1S/C13H13F4NO3.C7H6O2/c14-10-7(3-1-5-9(10)21-13(15,16)17)12(18)6-2-4-8(19)11(12)20;8-7(9)6-4-2-1-3-5-6/h1,3,5,8,19H,2,4,6,18H2;1-5H,(H,8,9). The third-order valence-corrected chi connectivity index (χ3v) is 4.48. The number of hydrogen-bond donors (Lipinski definition) is 3. The van der Waals surface area contributed by atoms with Crippen LogP contribution in [0.2, 0.25) is 0 Å². The molecule has 1 saturated carbocycles. The number of aromatic carboxylic acids is 1. The van der Waals surface area contributed by atoms with Gasteiger partial charge in [0.15, 0.2) is 17.3 Å². The number of aliphatic hydroxyl groups excluding tert-OH is 1. The Balaban J connectivity index is 0.000000297. The first-order chi connectivity index (χ1) is 14.0. The second-order valence-electron chi connectivity index (χ2n) is 6.58. The molecule has 2 atom stereocenters. The number of hydrogen-bond acceptors (Lipinski definition) is 5. The quantitative estimate of drug-likeness (QED) is 0.646. The minimum atomic E-state index is -5.06. The first-order valence-electron chi connectivity index (χ1n) is 8.80. The van der Waals surface area contributed by atoms with Crippen LogP contribution in [0.1, 0.15) is 35.2 Å². The SMILES string of the molecule is NC1(c2cccc(OC(F)(F)F)c2F)CCCC(O)C1=O.O=C(O)c1ccccc1. The summed E-state index contributed by atoms with van der Waals surface area (Å²) in [7, 11) is 0. The zero-order valence-corrected chi connectivity index (χ0v) is 15.5. The van der Waals surface area contributed by atoms with Crippen molar-refractivity contribution in [3.05, 3.63) is 65.5 Å². The smallest absolute Gasteiger partial charge is 0.478 e. The molecule has 6 nitrogen and oxygen atoms in total. The summed E-state index contributed by atoms with van der Waals surface area (Å²) < 4.78 is 54.4. The Kier molecular flexibility index (Phi) is 7.16. The number of halogens is 4. The zero-order valence-electron chi connectivity index (χ0n) is 15.5. The summed E-state index contributed by atoms with van der Waals surface area (Å²) in [6, 6.07) is 11.3. The highest BCUT2D eigenvalue weighted by Crippen LogP contribution is 2.37. The number of benzene rings is 2. The van der Waals surface area contributed by atoms with E-state index in [9.17, 15) is 32.3 Å². The summed E-state index contributed by atoms with van der Waals surface area (Å²) in [5, 5.41) is 17.9. The molecular formula is C20H19F4NO5. The first-order valence-corrected chi connectivity index (χ1v) is 8.80. The molecule has 2 aromatic rings. The van der Waals surface area contributed by atoms with Gasteiger partial charge in [-0.15, -0.1) is 13.2 Å². The lowest BCUT2D eigenvalue weighted by Crippen LogP contribution is -2.53. The van der Waals surface area contributed by atoms with Gasteiger partial charge in [-0.3, -0.25) is 4.79 Å². The largest absolute Gasteiger partial charge is 0.573 e. The number of carbonyl (C=O) groups is 2. The maximum atomic E-state index is 14.2. The van der Waals surface area contributed by atoms with E-state index in [0.29, 0.717) is 12.0 Å². The molecule has 2 unspecified atom stereocenters. The molecule has 0 heterocycles. The molecule has 162 valence electrons. The summed E-state index contributed by atoms with van der Waals surface area (Å²) >= 11 is 0. The first kappa shape index (κ1) is 23.3. The lowest BCUT2D eigenvalue weighted by Gasteiger charge is -2.35. The highest BCUT2D eigenvalue weighted by atomic mass is 19.4. The topological polar surface area (TPSA) is 110 Å². The number of carboxylic acid groups (broad SMARTS) is 1. The third kappa shape index (κ3) is 5.55. The van der Waals surface area contributed by atoms with Crippen molar-refractivity contribution in [1.29, 1.82) is 0 Å². The van der Waals surface area contributed by atoms with Gasteiger partial charge in [-0.2, -0.15) is 0 Å². The number of ether oxygens (including phenoxy) is 1. The fourth-order valence-electron chi connectivity index (χ4n) is 3.03. The van der Waals surface area contributed by atoms with E-state index in [1.54, 1.807) is 30.3 Å². The average Bonchev–Trinajstić information content (AvgIpc) is 2.68. The zero-order chi connectivity index (χ0) is 22.5. The summed E-state index contributed by atoms with van der Waals surface area (Å²) in [6.07, 6.45) is -5.83. The average molecular weight is 429 g/mol. The van der Waals surface area contributed by atoms with Crippen LogP contribution < -0.4 is 10.5 Å². The van der Waals surface area contributed by atoms with Crippen LogP contribution in [-0.4, -0.2) is 34.4 Å². The van der Waals surface area contributed by atoms with Gasteiger partial charge in [0, 0.05) is 5.56 Å². The summed E-state index contributed by atoms with van der Waals surface area (Å²) in [4.78, 5) is 22.2. The van der Waals surface area contributed by atoms with Crippen LogP contribution in [0, 0.1) is 5.82 Å². The Labute approximate surface area is 168 Å². The van der Waals surface area contributed by atoms with Gasteiger partial charge in [0.25, 0.3) is 0 Å². The molecule has 0 spiro atoms. The predicted molar refractivity (Wildman–Crippen MR) is 97.2 cm³/mol. The van der Waals surface area contributed by atoms with Gasteiger partial charge < -0.3 is 20.7 Å². The highest BCUT2D eigenvalue weighted by molar-refractivity contribution is 5.93. The van der Waals surface area contributed by atoms with E-state index in [0.717, 1.165) is 18.2 Å². The molecular weight excluding hydrogens is 410 g/mol. The van der Waals surface area contributed by atoms with Crippen molar-refractivity contribution < 1.29 is 42.1 Å². The normalized spacial score (nSPS) is 21.4. The molecule has 1 fully saturated rings. The van der Waals surface area contributed by atoms with Crippen molar-refractivity contribution in [2.24, 2.45) is 5.73 Å². The summed E-state index contributed by atoms with van der Waals surface area (Å²) in [6.45, 7) is 0. The molecule has 1 aliphatic carbocycles. The lowest BCUT2D eigenvalue weighted by molar-refractivity contribution is -0.275. The van der Waals surface area contributed by atoms with Crippen LogP contribution in [0.4, 0.5) is 17.6 Å². The second kappa shape index (κ2) is 9.23. The Morgan fingerprint density at radius 3 is 2.30 bits per heavy atom. The summed E-state index contributed by atoms with van der Waals surface area (Å²) in [5.74, 6) is -4.09. The lowest BCUT2D eigenvalue weighted by atomic mass is 9.75. The van der Waals surface area contributed by atoms with E-state index in [4.69, 9.17) is 10.8 Å². The minimum absolute atomic E-state index is 0.0370. The van der Waals surface area contributed by atoms with Crippen molar-refractivity contribution in [2.45, 2.75) is 37.3 Å². The molecule has 0 amide bonds. The van der Waals surface area contributed by atoms with E-state index in [1.165, 1.54) is 0 Å². The number of carboxylic acids is 1. The second-order valence-corrected chi connectivity index (χ2v) is 6.58. The van der Waals surface area contributed by atoms with Gasteiger partial charge in [-0.25, -0.2) is 9.18 Å². The van der Waals surface area contributed by atoms with E-state index >= 15 is 0 Å². The molecule has 10 heteroatoms. The number of ketones is 1. The number of aliphatic hydroxyl groups is 1. The van der Waals surface area contributed by atoms with Crippen LogP contribution >= 0.6 is 0 Å². The molecule has 0 bridgehead atoms. The Morgan fingerprint density at radius 1 is 1.13 bits per heavy atom. The van der Waals surface area contributed by atoms with Gasteiger partial charge in [-0.05, 0) is 37.5 Å². The van der Waals surface area contributed by atoms with Crippen LogP contribution in [-0.2, 0) is 10.3 Å². The molecule has 0 radical (unpaired) electrons. The number of carbonyl (C=O) groups excluding carboxylic acids is 1. The van der Waals surface area contributed by atoms with Crippen LogP contribution in [0.5, 0.6) is 5.75 Å². The van der Waals surface area contributed by atoms with Crippen LogP contribution in [0.3, 0.4) is 0 Å². The number of Topliss-reactive ketones (excluding diaryl/α,β-unsaturated/α-hetero) is 1. The van der Waals surface area contributed by atoms with Crippen molar-refractivity contribution in [2.75, 3.05) is 0 Å². The molecule has 0 aliphatic heterocycles. The number of rotatable bonds is 3. The monoisotopic (exact) mass is 429 g/mol. The van der Waals surface area contributed by atoms with Gasteiger partial charge in [0.2, 0.25) is 0 Å². The van der Waals surface area contributed by atoms with Crippen LogP contribution in [0.25, 0.3) is 0 Å². The maximum Gasteiger partial charge on any atom is 0.573 e. The third-order valence-electron chi connectivity index (χ3n) is 4.48. The van der Waals surface area contributed by atoms with E-state index in [-0.39, 0.29) is 12.8 Å². The molecule has 0 aromatic heterocycles. The van der Waals surface area contributed by atoms with Crippen molar-refractivity contribution in [3.8, 4) is 5.75 Å². The predicted octanol–water partition coefficient (Wildman–Crippen LogP) is 3.38. The Hall–Kier alpha value is -2.98. The highest BCUT2D eigenvalue weighted by Gasteiger charge is 2.45. The Morgan fingerprint density at radius 2 is 1.77 bits per heavy atom. The number of alkyl halides is 3. The molecule has 30 heavy (non-hydrogen) atoms. The molecule has 0 saturated heterocycles. The number of nitrogens with two attached hydrogens (primary N) is 1. The summed E-state index contributed by atoms with van der Waals surface area (Å²) in [5.41, 5.74) is 3.93. The molecule has 4 N–H and O–H groups in total. The molecule has 3 rings (SSSR count). The van der Waals surface area contributed by atoms with Gasteiger partial charge in [0.1, 0.15) is 11.6 Å². The molecule has 1 aliphatic rings. The van der Waals surface area contributed by atoms with E-state index < -0.39 is 46.9 Å². The van der Waals surface area contributed by atoms with Gasteiger partial charge in [-0.1, -0.05) is 30.3 Å². The van der Waals surface area contributed by atoms with Crippen LogP contribution in [0.15, 0.2) is 48.5 Å². The minimum Gasteiger partial charge on any atom is -0.478 e. The fourth-order valence-corrected chi connectivity index (χ4v) is 3.03. The van der Waals surface area contributed by atoms with Crippen molar-refractivity contribution in [3.63, 3.8) is 0 Å². The van der Waals surface area contributed by atoms with Crippen molar-refractivity contribution in [1.82, 2.24) is 0 Å². The fraction of sp³-hybridized carbons (Fsp3) is 0.300. The Bertz CT molecular complexity index is 904. The maximum absolute atomic E-state index is 14.2. The van der Waals surface area contributed by atoms with Gasteiger partial charge >= 0.3 is 12.3 Å². The molecule has 2 aromatic carbocycles. The van der Waals surface area contributed by atoms with Crippen molar-refractivity contribution >= 4 is 11.8 Å². The van der Waals surface area contributed by atoms with Gasteiger partial charge in [0.05, 0.1) is 5.56 Å². The van der Waals surface area contributed by atoms with E-state index in [1.807, 2.05) is 0 Å². The van der Waals surface area contributed by atoms with E-state index in [2.05, 4.69) is 4.74 Å².